The molecule has 1 aliphatic heterocycles. The summed E-state index contributed by atoms with van der Waals surface area (Å²) in [6.07, 6.45) is -4.98. The number of piperazine rings is 1. The molecule has 0 atom stereocenters. The zero-order valence-electron chi connectivity index (χ0n) is 21.8. The van der Waals surface area contributed by atoms with Crippen molar-refractivity contribution in [3.63, 3.8) is 0 Å². The molecule has 1 aromatic heterocycles. The van der Waals surface area contributed by atoms with Crippen molar-refractivity contribution in [2.75, 3.05) is 26.2 Å². The van der Waals surface area contributed by atoms with E-state index in [9.17, 15) is 23.1 Å². The number of alkyl halides is 3. The molecule has 0 bridgehead atoms. The molecular formula is C30H31F3N2O4+2. The number of quaternary nitrogens is 2. The van der Waals surface area contributed by atoms with Crippen LogP contribution in [0.25, 0.3) is 11.0 Å². The number of halogens is 3. The van der Waals surface area contributed by atoms with Crippen molar-refractivity contribution >= 4 is 11.0 Å². The van der Waals surface area contributed by atoms with Gasteiger partial charge in [0.15, 0.2) is 5.58 Å². The predicted octanol–water partition coefficient (Wildman–Crippen LogP) is 3.41. The summed E-state index contributed by atoms with van der Waals surface area (Å²) in [6.45, 7) is 7.89. The first-order chi connectivity index (χ1) is 18.6. The second-order valence-corrected chi connectivity index (χ2v) is 10.2. The fourth-order valence-electron chi connectivity index (χ4n) is 5.11. The third kappa shape index (κ3) is 5.79. The molecule has 39 heavy (non-hydrogen) atoms. The maximum atomic E-state index is 14.2. The average Bonchev–Trinajstić information content (AvgIpc) is 2.90. The van der Waals surface area contributed by atoms with E-state index in [0.717, 1.165) is 43.2 Å². The van der Waals surface area contributed by atoms with Gasteiger partial charge >= 0.3 is 6.18 Å². The van der Waals surface area contributed by atoms with Crippen molar-refractivity contribution in [1.82, 2.24) is 0 Å². The van der Waals surface area contributed by atoms with Gasteiger partial charge in [-0.3, -0.25) is 4.79 Å². The highest BCUT2D eigenvalue weighted by molar-refractivity contribution is 5.83. The molecule has 2 heterocycles. The van der Waals surface area contributed by atoms with Crippen LogP contribution >= 0.6 is 0 Å². The highest BCUT2D eigenvalue weighted by Gasteiger charge is 2.41. The van der Waals surface area contributed by atoms with Crippen molar-refractivity contribution < 1.29 is 37.2 Å². The van der Waals surface area contributed by atoms with Crippen LogP contribution in [0.1, 0.15) is 28.0 Å². The van der Waals surface area contributed by atoms with Crippen LogP contribution in [0.15, 0.2) is 69.9 Å². The van der Waals surface area contributed by atoms with Crippen LogP contribution in [0.2, 0.25) is 0 Å². The fraction of sp³-hybridized carbons (Fsp3) is 0.300. The van der Waals surface area contributed by atoms with Gasteiger partial charge in [-0.05, 0) is 43.2 Å². The van der Waals surface area contributed by atoms with E-state index in [1.54, 1.807) is 32.0 Å². The molecule has 1 aliphatic rings. The fourth-order valence-corrected chi connectivity index (χ4v) is 5.11. The van der Waals surface area contributed by atoms with E-state index in [1.807, 2.05) is 18.2 Å². The highest BCUT2D eigenvalue weighted by Crippen LogP contribution is 2.40. The van der Waals surface area contributed by atoms with Crippen molar-refractivity contribution in [3.05, 3.63) is 98.9 Å². The van der Waals surface area contributed by atoms with Crippen LogP contribution < -0.4 is 20.0 Å². The predicted molar refractivity (Wildman–Crippen MR) is 140 cm³/mol. The Kier molecular flexibility index (Phi) is 7.38. The van der Waals surface area contributed by atoms with E-state index >= 15 is 0 Å². The quantitative estimate of drug-likeness (QED) is 0.351. The number of hydrogen-bond acceptors (Lipinski definition) is 4. The Morgan fingerprint density at radius 3 is 2.26 bits per heavy atom. The second-order valence-electron chi connectivity index (χ2n) is 10.2. The summed E-state index contributed by atoms with van der Waals surface area (Å²) >= 11 is 0. The molecule has 0 saturated carbocycles. The van der Waals surface area contributed by atoms with Crippen LogP contribution in [0.4, 0.5) is 13.2 Å². The number of benzene rings is 3. The molecule has 1 saturated heterocycles. The Balaban J connectivity index is 1.46. The van der Waals surface area contributed by atoms with Crippen LogP contribution in [-0.4, -0.2) is 31.3 Å². The molecule has 4 aromatic rings. The molecule has 0 spiro atoms. The molecule has 0 aliphatic carbocycles. The Morgan fingerprint density at radius 1 is 0.923 bits per heavy atom. The van der Waals surface area contributed by atoms with Crippen molar-refractivity contribution in [2.24, 2.45) is 0 Å². The Hall–Kier alpha value is -3.82. The third-order valence-corrected chi connectivity index (χ3v) is 7.30. The molecule has 0 unspecified atom stereocenters. The van der Waals surface area contributed by atoms with Gasteiger partial charge < -0.3 is 24.1 Å². The number of rotatable bonds is 6. The van der Waals surface area contributed by atoms with Gasteiger partial charge in [0.1, 0.15) is 50.8 Å². The van der Waals surface area contributed by atoms with Gasteiger partial charge in [0.25, 0.3) is 5.76 Å². The number of phenols is 1. The number of ether oxygens (including phenoxy) is 1. The van der Waals surface area contributed by atoms with Gasteiger partial charge in [0.2, 0.25) is 11.2 Å². The Bertz CT molecular complexity index is 1540. The molecular weight excluding hydrogens is 509 g/mol. The van der Waals surface area contributed by atoms with Crippen LogP contribution in [-0.2, 0) is 19.3 Å². The normalized spacial score (nSPS) is 17.9. The SMILES string of the molecule is Cc1ccc(C)c(Oc2c(C(F)(F)F)oc3c(C[NH+]4CC[NH+](Cc5ccccc5)CC4)c(O)ccc3c2=O)c1. The zero-order chi connectivity index (χ0) is 27.7. The van der Waals surface area contributed by atoms with E-state index in [2.05, 4.69) is 12.1 Å². The first kappa shape index (κ1) is 26.8. The summed E-state index contributed by atoms with van der Waals surface area (Å²) in [7, 11) is 0. The first-order valence-electron chi connectivity index (χ1n) is 12.9. The zero-order valence-corrected chi connectivity index (χ0v) is 21.8. The van der Waals surface area contributed by atoms with Gasteiger partial charge in [0.05, 0.1) is 10.9 Å². The lowest BCUT2D eigenvalue weighted by molar-refractivity contribution is -1.02. The second kappa shape index (κ2) is 10.7. The highest BCUT2D eigenvalue weighted by atomic mass is 19.4. The summed E-state index contributed by atoms with van der Waals surface area (Å²) < 4.78 is 53.5. The number of fused-ring (bicyclic) bond motifs is 1. The number of phenolic OH excluding ortho intramolecular Hbond substituents is 1. The van der Waals surface area contributed by atoms with E-state index in [4.69, 9.17) is 9.15 Å². The number of nitrogens with one attached hydrogen (secondary N) is 2. The molecule has 9 heteroatoms. The van der Waals surface area contributed by atoms with Gasteiger partial charge in [-0.15, -0.1) is 0 Å². The minimum atomic E-state index is -4.98. The van der Waals surface area contributed by atoms with E-state index in [-0.39, 0.29) is 34.6 Å². The largest absolute Gasteiger partial charge is 0.507 e. The van der Waals surface area contributed by atoms with E-state index in [1.165, 1.54) is 22.6 Å². The van der Waals surface area contributed by atoms with Crippen LogP contribution in [0, 0.1) is 13.8 Å². The minimum absolute atomic E-state index is 0.0659. The lowest BCUT2D eigenvalue weighted by Gasteiger charge is -2.30. The molecule has 1 fully saturated rings. The van der Waals surface area contributed by atoms with Gasteiger partial charge in [0, 0.05) is 5.56 Å². The monoisotopic (exact) mass is 540 g/mol. The molecule has 0 radical (unpaired) electrons. The molecule has 3 N–H and O–H groups in total. The van der Waals surface area contributed by atoms with Gasteiger partial charge in [-0.1, -0.05) is 42.5 Å². The lowest BCUT2D eigenvalue weighted by atomic mass is 10.1. The number of hydrogen-bond donors (Lipinski definition) is 3. The summed E-state index contributed by atoms with van der Waals surface area (Å²) in [5.41, 5.74) is 1.61. The topological polar surface area (TPSA) is 68.6 Å². The smallest absolute Gasteiger partial charge is 0.453 e. The van der Waals surface area contributed by atoms with Crippen LogP contribution in [0.3, 0.4) is 0 Å². The summed E-state index contributed by atoms with van der Waals surface area (Å²) in [6, 6.07) is 17.9. The molecule has 3 aromatic carbocycles. The third-order valence-electron chi connectivity index (χ3n) is 7.30. The first-order valence-corrected chi connectivity index (χ1v) is 12.9. The van der Waals surface area contributed by atoms with Crippen molar-refractivity contribution in [2.45, 2.75) is 33.1 Å². The molecule has 6 nitrogen and oxygen atoms in total. The number of aryl methyl sites for hydroxylation is 2. The summed E-state index contributed by atoms with van der Waals surface area (Å²) in [5.74, 6) is -2.48. The summed E-state index contributed by atoms with van der Waals surface area (Å²) in [4.78, 5) is 15.9. The van der Waals surface area contributed by atoms with Crippen molar-refractivity contribution in [1.29, 1.82) is 0 Å². The maximum Gasteiger partial charge on any atom is 0.453 e. The van der Waals surface area contributed by atoms with Gasteiger partial charge in [-0.2, -0.15) is 13.2 Å². The minimum Gasteiger partial charge on any atom is -0.507 e. The molecule has 5 rings (SSSR count). The summed E-state index contributed by atoms with van der Waals surface area (Å²) in [5, 5.41) is 10.6. The Morgan fingerprint density at radius 2 is 1.59 bits per heavy atom. The van der Waals surface area contributed by atoms with E-state index in [0.29, 0.717) is 5.56 Å². The van der Waals surface area contributed by atoms with Crippen molar-refractivity contribution in [3.8, 4) is 17.2 Å². The Labute approximate surface area is 223 Å². The van der Waals surface area contributed by atoms with E-state index < -0.39 is 23.1 Å². The number of aromatic hydroxyl groups is 1. The molecule has 204 valence electrons. The lowest BCUT2D eigenvalue weighted by Crippen LogP contribution is -3.27. The molecule has 0 amide bonds. The van der Waals surface area contributed by atoms with Crippen LogP contribution in [0.5, 0.6) is 17.2 Å². The standard InChI is InChI=1S/C30H29F3N2O4/c1-19-8-9-20(2)25(16-19)38-28-26(37)22-10-11-24(36)23(27(22)39-29(28)30(31,32)33)18-35-14-12-34(13-15-35)17-21-6-4-3-5-7-21/h3-11,16,36H,12-15,17-18H2,1-2H3/p+2. The van der Waals surface area contributed by atoms with Gasteiger partial charge in [-0.25, -0.2) is 0 Å². The average molecular weight is 541 g/mol. The maximum absolute atomic E-state index is 14.2.